The number of ether oxygens (including phenoxy) is 1. The maximum atomic E-state index is 14.3. The molecule has 0 N–H and O–H groups in total. The molecule has 0 aliphatic carbocycles. The molecule has 3 aliphatic heterocycles. The summed E-state index contributed by atoms with van der Waals surface area (Å²) in [6.45, 7) is 0.976. The van der Waals surface area contributed by atoms with Gasteiger partial charge in [-0.15, -0.1) is 0 Å². The van der Waals surface area contributed by atoms with Gasteiger partial charge >= 0.3 is 0 Å². The number of aromatic nitrogens is 2. The molecule has 2 aromatic heterocycles. The Morgan fingerprint density at radius 2 is 1.93 bits per heavy atom. The predicted molar refractivity (Wildman–Crippen MR) is 100 cm³/mol. The van der Waals surface area contributed by atoms with Crippen molar-refractivity contribution in [3.63, 3.8) is 0 Å². The van der Waals surface area contributed by atoms with Gasteiger partial charge < -0.3 is 14.5 Å². The van der Waals surface area contributed by atoms with Crippen molar-refractivity contribution in [1.29, 1.82) is 0 Å². The normalized spacial score (nSPS) is 25.5. The van der Waals surface area contributed by atoms with Crippen LogP contribution in [0.15, 0.2) is 54.7 Å². The molecule has 2 atom stereocenters. The van der Waals surface area contributed by atoms with E-state index in [1.807, 2.05) is 34.8 Å². The van der Waals surface area contributed by atoms with E-state index in [4.69, 9.17) is 4.74 Å². The van der Waals surface area contributed by atoms with E-state index in [1.54, 1.807) is 23.2 Å². The smallest absolute Gasteiger partial charge is 0.261 e. The summed E-state index contributed by atoms with van der Waals surface area (Å²) in [5.74, 6) is 0.664. The van der Waals surface area contributed by atoms with Crippen molar-refractivity contribution in [3.05, 3.63) is 66.1 Å². The van der Waals surface area contributed by atoms with Crippen LogP contribution in [0.5, 0.6) is 0 Å². The van der Waals surface area contributed by atoms with Crippen LogP contribution in [0.3, 0.4) is 0 Å². The quantitative estimate of drug-likeness (QED) is 0.688. The van der Waals surface area contributed by atoms with Crippen LogP contribution >= 0.6 is 0 Å². The Labute approximate surface area is 161 Å². The second kappa shape index (κ2) is 5.54. The third-order valence-electron chi connectivity index (χ3n) is 6.20. The minimum absolute atomic E-state index is 0.0212. The summed E-state index contributed by atoms with van der Waals surface area (Å²) in [6.07, 6.45) is 2.96. The molecule has 0 saturated carbocycles. The molecule has 3 aromatic rings. The van der Waals surface area contributed by atoms with Gasteiger partial charge in [0.15, 0.2) is 5.60 Å². The monoisotopic (exact) mass is 378 g/mol. The molecule has 3 saturated heterocycles. The summed E-state index contributed by atoms with van der Waals surface area (Å²) in [4.78, 5) is 17.2. The molecule has 0 bridgehead atoms. The van der Waals surface area contributed by atoms with E-state index >= 15 is 0 Å². The van der Waals surface area contributed by atoms with Crippen molar-refractivity contribution in [2.24, 2.45) is 0 Å². The topological polar surface area (TPSA) is 50.1 Å². The first-order valence-corrected chi connectivity index (χ1v) is 9.59. The molecule has 28 heavy (non-hydrogen) atoms. The van der Waals surface area contributed by atoms with E-state index in [-0.39, 0.29) is 24.0 Å². The second-order valence-electron chi connectivity index (χ2n) is 7.80. The lowest BCUT2D eigenvalue weighted by molar-refractivity contribution is -0.140. The summed E-state index contributed by atoms with van der Waals surface area (Å²) in [6, 6.07) is 14.4. The number of hydrogen-bond acceptors (Lipinski definition) is 4. The summed E-state index contributed by atoms with van der Waals surface area (Å²) in [7, 11) is 0. The van der Waals surface area contributed by atoms with Crippen molar-refractivity contribution in [2.75, 3.05) is 18.0 Å². The average molecular weight is 378 g/mol. The number of nitrogens with zero attached hydrogens (tertiary/aromatic N) is 4. The lowest BCUT2D eigenvalue weighted by atomic mass is 9.91. The van der Waals surface area contributed by atoms with Gasteiger partial charge in [0.1, 0.15) is 17.9 Å². The van der Waals surface area contributed by atoms with Gasteiger partial charge in [-0.2, -0.15) is 5.10 Å². The molecule has 3 aliphatic rings. The Balaban J connectivity index is 1.27. The van der Waals surface area contributed by atoms with Crippen LogP contribution in [-0.2, 0) is 9.53 Å². The van der Waals surface area contributed by atoms with Gasteiger partial charge in [0, 0.05) is 5.56 Å². The van der Waals surface area contributed by atoms with E-state index in [2.05, 4.69) is 10.00 Å². The first-order chi connectivity index (χ1) is 13.7. The molecule has 1 aromatic carbocycles. The zero-order chi connectivity index (χ0) is 18.9. The molecule has 1 amide bonds. The molecular weight excluding hydrogens is 359 g/mol. The van der Waals surface area contributed by atoms with E-state index in [0.29, 0.717) is 18.7 Å². The Morgan fingerprint density at radius 3 is 2.79 bits per heavy atom. The Kier molecular flexibility index (Phi) is 3.18. The highest BCUT2D eigenvalue weighted by Crippen LogP contribution is 2.48. The van der Waals surface area contributed by atoms with E-state index < -0.39 is 5.60 Å². The van der Waals surface area contributed by atoms with Crippen molar-refractivity contribution >= 4 is 17.2 Å². The second-order valence-corrected chi connectivity index (χ2v) is 7.80. The van der Waals surface area contributed by atoms with Crippen LogP contribution in [0.4, 0.5) is 10.2 Å². The van der Waals surface area contributed by atoms with Gasteiger partial charge in [-0.25, -0.2) is 8.91 Å². The molecule has 142 valence electrons. The van der Waals surface area contributed by atoms with Gasteiger partial charge in [-0.05, 0) is 37.1 Å². The lowest BCUT2D eigenvalue weighted by Crippen LogP contribution is -2.67. The third-order valence-corrected chi connectivity index (χ3v) is 6.20. The van der Waals surface area contributed by atoms with Gasteiger partial charge in [-0.3, -0.25) is 4.79 Å². The molecular formula is C21H19FN4O2. The number of carbonyl (C=O) groups is 1. The highest BCUT2D eigenvalue weighted by atomic mass is 19.1. The first kappa shape index (κ1) is 16.1. The number of anilines is 1. The van der Waals surface area contributed by atoms with Crippen molar-refractivity contribution in [1.82, 2.24) is 14.5 Å². The van der Waals surface area contributed by atoms with Crippen LogP contribution in [0.25, 0.3) is 5.52 Å². The van der Waals surface area contributed by atoms with Crippen LogP contribution in [0.2, 0.25) is 0 Å². The van der Waals surface area contributed by atoms with E-state index in [0.717, 1.165) is 24.2 Å². The Morgan fingerprint density at radius 1 is 1.07 bits per heavy atom. The molecule has 5 heterocycles. The molecule has 0 radical (unpaired) electrons. The van der Waals surface area contributed by atoms with Crippen molar-refractivity contribution < 1.29 is 13.9 Å². The number of benzene rings is 1. The van der Waals surface area contributed by atoms with Gasteiger partial charge in [0.2, 0.25) is 0 Å². The maximum absolute atomic E-state index is 14.3. The minimum atomic E-state index is -0.829. The number of pyridine rings is 1. The SMILES string of the molecule is O=C1N2[C@@H](CC[C@H]2c2ccccc2F)OC12CN(c1cccc3ccnn13)C2. The highest BCUT2D eigenvalue weighted by Gasteiger charge is 2.63. The molecule has 7 heteroatoms. The molecule has 6 rings (SSSR count). The number of fused-ring (bicyclic) bond motifs is 2. The largest absolute Gasteiger partial charge is 0.349 e. The highest BCUT2D eigenvalue weighted by molar-refractivity contribution is 5.91. The van der Waals surface area contributed by atoms with Gasteiger partial charge in [-0.1, -0.05) is 24.3 Å². The molecule has 6 nitrogen and oxygen atoms in total. The molecule has 0 unspecified atom stereocenters. The minimum Gasteiger partial charge on any atom is -0.349 e. The number of carbonyl (C=O) groups excluding carboxylic acids is 1. The number of halogens is 1. The van der Waals surface area contributed by atoms with Crippen molar-refractivity contribution in [3.8, 4) is 0 Å². The van der Waals surface area contributed by atoms with Crippen LogP contribution in [0.1, 0.15) is 24.4 Å². The summed E-state index contributed by atoms with van der Waals surface area (Å²) in [5.41, 5.74) is 0.762. The standard InChI is InChI=1S/C21H19FN4O2/c22-16-6-2-1-5-15(16)17-8-9-19-25(17)20(27)21(28-19)12-24(13-21)18-7-3-4-14-10-11-23-26(14)18/h1-7,10-11,17,19H,8-9,12-13H2/t17-,19+/m0/s1. The number of rotatable bonds is 2. The number of amides is 1. The molecule has 1 spiro atoms. The Hall–Kier alpha value is -2.93. The zero-order valence-electron chi connectivity index (χ0n) is 15.2. The summed E-state index contributed by atoms with van der Waals surface area (Å²) >= 11 is 0. The fraction of sp³-hybridized carbons (Fsp3) is 0.333. The predicted octanol–water partition coefficient (Wildman–Crippen LogP) is 2.75. The fourth-order valence-corrected chi connectivity index (χ4v) is 4.88. The van der Waals surface area contributed by atoms with Crippen LogP contribution in [-0.4, -0.2) is 45.3 Å². The molecule has 3 fully saturated rings. The lowest BCUT2D eigenvalue weighted by Gasteiger charge is -2.46. The van der Waals surface area contributed by atoms with Crippen molar-refractivity contribution in [2.45, 2.75) is 30.7 Å². The van der Waals surface area contributed by atoms with E-state index in [1.165, 1.54) is 6.07 Å². The maximum Gasteiger partial charge on any atom is 0.261 e. The van der Waals surface area contributed by atoms with Crippen LogP contribution in [0, 0.1) is 5.82 Å². The van der Waals surface area contributed by atoms with Gasteiger partial charge in [0.25, 0.3) is 5.91 Å². The first-order valence-electron chi connectivity index (χ1n) is 9.59. The Bertz CT molecular complexity index is 1090. The number of hydrogen-bond donors (Lipinski definition) is 0. The zero-order valence-corrected chi connectivity index (χ0v) is 15.2. The van der Waals surface area contributed by atoms with Gasteiger partial charge in [0.05, 0.1) is 30.8 Å². The summed E-state index contributed by atoms with van der Waals surface area (Å²) in [5, 5.41) is 4.37. The van der Waals surface area contributed by atoms with Crippen LogP contribution < -0.4 is 4.90 Å². The summed E-state index contributed by atoms with van der Waals surface area (Å²) < 4.78 is 22.4. The fourth-order valence-electron chi connectivity index (χ4n) is 4.88. The van der Waals surface area contributed by atoms with E-state index in [9.17, 15) is 9.18 Å². The third kappa shape index (κ3) is 2.05. The average Bonchev–Trinajstić information content (AvgIpc) is 3.36.